The number of amides is 1. The Balaban J connectivity index is 1.46. The second kappa shape index (κ2) is 9.47. The first-order valence-electron chi connectivity index (χ1n) is 10.8. The number of ether oxygens (including phenoxy) is 1. The summed E-state index contributed by atoms with van der Waals surface area (Å²) in [4.78, 5) is 12.5. The van der Waals surface area contributed by atoms with Crippen LogP contribution in [0.4, 0.5) is 0 Å². The maximum absolute atomic E-state index is 12.5. The summed E-state index contributed by atoms with van der Waals surface area (Å²) in [5.74, 6) is 0.732. The molecule has 0 spiro atoms. The number of hydrogen-bond donors (Lipinski definition) is 1. The van der Waals surface area contributed by atoms with Crippen LogP contribution in [-0.2, 0) is 11.3 Å². The molecule has 0 bridgehead atoms. The van der Waals surface area contributed by atoms with Crippen LogP contribution in [0.3, 0.4) is 0 Å². The third-order valence-corrected chi connectivity index (χ3v) is 5.39. The van der Waals surface area contributed by atoms with Gasteiger partial charge in [0.2, 0.25) is 5.91 Å². The minimum Gasteiger partial charge on any atom is -0.494 e. The number of nitrogens with zero attached hydrogens (tertiary/aromatic N) is 2. The van der Waals surface area contributed by atoms with Crippen molar-refractivity contribution in [1.29, 1.82) is 0 Å². The molecule has 31 heavy (non-hydrogen) atoms. The number of aromatic nitrogens is 1. The van der Waals surface area contributed by atoms with E-state index in [1.165, 1.54) is 10.8 Å². The van der Waals surface area contributed by atoms with Crippen molar-refractivity contribution < 1.29 is 9.53 Å². The predicted molar refractivity (Wildman–Crippen MR) is 127 cm³/mol. The standard InChI is InChI=1S/C26H27N3O2/c1-3-23(19-13-15-20(16-14-19)31-4-2)27-28-26(30)17-18-29-24-11-7-5-9-21(24)22-10-6-8-12-25(22)29/h5-16H,3-4,17-18H2,1-2H3,(H,28,30). The molecule has 0 saturated carbocycles. The van der Waals surface area contributed by atoms with Gasteiger partial charge in [0.25, 0.3) is 0 Å². The van der Waals surface area contributed by atoms with Crippen LogP contribution < -0.4 is 10.2 Å². The van der Waals surface area contributed by atoms with Crippen molar-refractivity contribution in [3.63, 3.8) is 0 Å². The molecule has 158 valence electrons. The summed E-state index contributed by atoms with van der Waals surface area (Å²) in [7, 11) is 0. The van der Waals surface area contributed by atoms with Gasteiger partial charge in [-0.25, -0.2) is 5.43 Å². The maximum Gasteiger partial charge on any atom is 0.241 e. The van der Waals surface area contributed by atoms with E-state index in [1.54, 1.807) is 0 Å². The number of nitrogens with one attached hydrogen (secondary N) is 1. The highest BCUT2D eigenvalue weighted by Crippen LogP contribution is 2.28. The quantitative estimate of drug-likeness (QED) is 0.306. The number of benzene rings is 3. The van der Waals surface area contributed by atoms with E-state index in [9.17, 15) is 4.79 Å². The lowest BCUT2D eigenvalue weighted by molar-refractivity contribution is -0.121. The summed E-state index contributed by atoms with van der Waals surface area (Å²) >= 11 is 0. The van der Waals surface area contributed by atoms with E-state index >= 15 is 0 Å². The molecule has 0 saturated heterocycles. The van der Waals surface area contributed by atoms with Crippen molar-refractivity contribution in [2.45, 2.75) is 33.2 Å². The molecule has 4 rings (SSSR count). The van der Waals surface area contributed by atoms with Crippen LogP contribution in [0.1, 0.15) is 32.3 Å². The van der Waals surface area contributed by atoms with E-state index in [0.717, 1.165) is 34.5 Å². The van der Waals surface area contributed by atoms with Crippen molar-refractivity contribution in [1.82, 2.24) is 9.99 Å². The molecule has 1 aromatic heterocycles. The van der Waals surface area contributed by atoms with Crippen LogP contribution in [0.25, 0.3) is 21.8 Å². The van der Waals surface area contributed by atoms with Crippen LogP contribution in [0.5, 0.6) is 5.75 Å². The molecule has 0 aliphatic rings. The van der Waals surface area contributed by atoms with Gasteiger partial charge in [-0.3, -0.25) is 4.79 Å². The summed E-state index contributed by atoms with van der Waals surface area (Å²) in [6.45, 7) is 5.22. The molecule has 1 heterocycles. The second-order valence-electron chi connectivity index (χ2n) is 7.34. The first-order chi connectivity index (χ1) is 15.2. The summed E-state index contributed by atoms with van der Waals surface area (Å²) in [5, 5.41) is 6.80. The average molecular weight is 414 g/mol. The van der Waals surface area contributed by atoms with Gasteiger partial charge in [0.05, 0.1) is 12.3 Å². The molecule has 5 heteroatoms. The summed E-state index contributed by atoms with van der Waals surface area (Å²) < 4.78 is 7.70. The highest BCUT2D eigenvalue weighted by molar-refractivity contribution is 6.08. The second-order valence-corrected chi connectivity index (χ2v) is 7.34. The molecule has 0 fully saturated rings. The summed E-state index contributed by atoms with van der Waals surface area (Å²) in [5.41, 5.74) is 6.84. The van der Waals surface area contributed by atoms with E-state index in [-0.39, 0.29) is 5.91 Å². The van der Waals surface area contributed by atoms with E-state index in [0.29, 0.717) is 19.6 Å². The molecule has 3 aromatic carbocycles. The van der Waals surface area contributed by atoms with Gasteiger partial charge >= 0.3 is 0 Å². The van der Waals surface area contributed by atoms with Crippen molar-refractivity contribution in [2.75, 3.05) is 6.61 Å². The van der Waals surface area contributed by atoms with E-state index in [1.807, 2.05) is 62.4 Å². The largest absolute Gasteiger partial charge is 0.494 e. The lowest BCUT2D eigenvalue weighted by atomic mass is 10.1. The van der Waals surface area contributed by atoms with Gasteiger partial charge in [-0.05, 0) is 55.3 Å². The van der Waals surface area contributed by atoms with Gasteiger partial charge in [0.15, 0.2) is 0 Å². The highest BCUT2D eigenvalue weighted by Gasteiger charge is 2.11. The Morgan fingerprint density at radius 2 is 1.52 bits per heavy atom. The SMILES string of the molecule is CCOc1ccc(C(CC)=NNC(=O)CCn2c3ccccc3c3ccccc32)cc1. The summed E-state index contributed by atoms with van der Waals surface area (Å²) in [6, 6.07) is 24.4. The van der Waals surface area contributed by atoms with E-state index in [2.05, 4.69) is 39.4 Å². The van der Waals surface area contributed by atoms with Crippen LogP contribution in [0, 0.1) is 0 Å². The summed E-state index contributed by atoms with van der Waals surface area (Å²) in [6.07, 6.45) is 1.08. The fraction of sp³-hybridized carbons (Fsp3) is 0.231. The zero-order valence-corrected chi connectivity index (χ0v) is 18.0. The third-order valence-electron chi connectivity index (χ3n) is 5.39. The normalized spacial score (nSPS) is 11.7. The topological polar surface area (TPSA) is 55.6 Å². The number of hydrogen-bond acceptors (Lipinski definition) is 3. The number of rotatable bonds is 8. The van der Waals surface area contributed by atoms with Crippen molar-refractivity contribution in [3.8, 4) is 5.75 Å². The lowest BCUT2D eigenvalue weighted by Crippen LogP contribution is -2.21. The number of hydrazone groups is 1. The van der Waals surface area contributed by atoms with Crippen LogP contribution >= 0.6 is 0 Å². The number of carbonyl (C=O) groups is 1. The zero-order chi connectivity index (χ0) is 21.6. The zero-order valence-electron chi connectivity index (χ0n) is 18.0. The van der Waals surface area contributed by atoms with Gasteiger partial charge in [-0.2, -0.15) is 5.10 Å². The Morgan fingerprint density at radius 3 is 2.10 bits per heavy atom. The monoisotopic (exact) mass is 413 g/mol. The average Bonchev–Trinajstić information content (AvgIpc) is 3.13. The molecule has 1 N–H and O–H groups in total. The van der Waals surface area contributed by atoms with Gasteiger partial charge in [0, 0.05) is 34.8 Å². The molecule has 4 aromatic rings. The smallest absolute Gasteiger partial charge is 0.241 e. The molecule has 0 aliphatic carbocycles. The Labute approximate surface area is 182 Å². The molecule has 0 radical (unpaired) electrons. The molecule has 5 nitrogen and oxygen atoms in total. The van der Waals surface area contributed by atoms with E-state index < -0.39 is 0 Å². The molecular weight excluding hydrogens is 386 g/mol. The van der Waals surface area contributed by atoms with Gasteiger partial charge in [-0.1, -0.05) is 43.3 Å². The minimum absolute atomic E-state index is 0.0984. The molecule has 0 aliphatic heterocycles. The fourth-order valence-electron chi connectivity index (χ4n) is 3.90. The lowest BCUT2D eigenvalue weighted by Gasteiger charge is -2.09. The Hall–Kier alpha value is -3.60. The van der Waals surface area contributed by atoms with Gasteiger partial charge < -0.3 is 9.30 Å². The minimum atomic E-state index is -0.0984. The fourth-order valence-corrected chi connectivity index (χ4v) is 3.90. The third kappa shape index (κ3) is 4.45. The Bertz CT molecular complexity index is 1170. The first-order valence-corrected chi connectivity index (χ1v) is 10.8. The van der Waals surface area contributed by atoms with Crippen LogP contribution in [0.15, 0.2) is 77.9 Å². The molecular formula is C26H27N3O2. The van der Waals surface area contributed by atoms with Crippen LogP contribution in [-0.4, -0.2) is 22.8 Å². The molecule has 1 amide bonds. The predicted octanol–water partition coefficient (Wildman–Crippen LogP) is 5.51. The first kappa shape index (κ1) is 20.7. The molecule has 0 atom stereocenters. The van der Waals surface area contributed by atoms with E-state index in [4.69, 9.17) is 4.74 Å². The van der Waals surface area contributed by atoms with Crippen molar-refractivity contribution in [3.05, 3.63) is 78.4 Å². The van der Waals surface area contributed by atoms with Crippen molar-refractivity contribution >= 4 is 33.4 Å². The van der Waals surface area contributed by atoms with Gasteiger partial charge in [0.1, 0.15) is 5.75 Å². The molecule has 0 unspecified atom stereocenters. The number of aryl methyl sites for hydroxylation is 1. The number of fused-ring (bicyclic) bond motifs is 3. The highest BCUT2D eigenvalue weighted by atomic mass is 16.5. The number of carbonyl (C=O) groups excluding carboxylic acids is 1. The van der Waals surface area contributed by atoms with Crippen LogP contribution in [0.2, 0.25) is 0 Å². The van der Waals surface area contributed by atoms with Crippen molar-refractivity contribution in [2.24, 2.45) is 5.10 Å². The maximum atomic E-state index is 12.5. The Morgan fingerprint density at radius 1 is 0.903 bits per heavy atom. The Kier molecular flexibility index (Phi) is 6.32. The van der Waals surface area contributed by atoms with Gasteiger partial charge in [-0.15, -0.1) is 0 Å². The number of para-hydroxylation sites is 2.